The molecule has 2 aliphatic rings. The summed E-state index contributed by atoms with van der Waals surface area (Å²) >= 11 is 0. The second-order valence-corrected chi connectivity index (χ2v) is 7.63. The van der Waals surface area contributed by atoms with Crippen molar-refractivity contribution in [1.82, 2.24) is 14.8 Å². The Morgan fingerprint density at radius 3 is 2.57 bits per heavy atom. The van der Waals surface area contributed by atoms with Crippen LogP contribution < -0.4 is 4.90 Å². The molecule has 2 aromatic rings. The van der Waals surface area contributed by atoms with Crippen LogP contribution in [-0.4, -0.2) is 60.6 Å². The third kappa shape index (κ3) is 4.28. The number of pyridine rings is 1. The average Bonchev–Trinajstić information content (AvgIpc) is 3.23. The number of hydrogen-bond acceptors (Lipinski definition) is 5. The molecule has 1 atom stereocenters. The lowest BCUT2D eigenvalue weighted by Gasteiger charge is -2.33. The first kappa shape index (κ1) is 18.7. The van der Waals surface area contributed by atoms with Crippen molar-refractivity contribution in [3.63, 3.8) is 0 Å². The van der Waals surface area contributed by atoms with Crippen molar-refractivity contribution in [2.45, 2.75) is 25.5 Å². The highest BCUT2D eigenvalue weighted by Gasteiger charge is 2.31. The fourth-order valence-electron chi connectivity index (χ4n) is 3.95. The minimum absolute atomic E-state index is 0.0531. The molecular weight excluding hydrogens is 352 g/mol. The lowest BCUT2D eigenvalue weighted by Crippen LogP contribution is -2.44. The Balaban J connectivity index is 1.38. The molecular formula is C22H28N4O2. The molecule has 2 aliphatic heterocycles. The van der Waals surface area contributed by atoms with Gasteiger partial charge in [0.15, 0.2) is 0 Å². The van der Waals surface area contributed by atoms with Crippen LogP contribution >= 0.6 is 0 Å². The maximum atomic E-state index is 12.6. The molecule has 6 nitrogen and oxygen atoms in total. The van der Waals surface area contributed by atoms with E-state index in [9.17, 15) is 4.79 Å². The Morgan fingerprint density at radius 1 is 1.07 bits per heavy atom. The normalized spacial score (nSPS) is 20.4. The van der Waals surface area contributed by atoms with Gasteiger partial charge in [-0.15, -0.1) is 0 Å². The number of amides is 1. The van der Waals surface area contributed by atoms with Crippen molar-refractivity contribution in [1.29, 1.82) is 0 Å². The summed E-state index contributed by atoms with van der Waals surface area (Å²) in [6, 6.07) is 14.1. The molecule has 6 heteroatoms. The first-order chi connectivity index (χ1) is 13.7. The van der Waals surface area contributed by atoms with Crippen LogP contribution in [0.3, 0.4) is 0 Å². The lowest BCUT2D eigenvalue weighted by atomic mass is 10.1. The van der Waals surface area contributed by atoms with E-state index in [0.29, 0.717) is 6.61 Å². The Morgan fingerprint density at radius 2 is 1.86 bits per heavy atom. The number of ether oxygens (including phenoxy) is 1. The summed E-state index contributed by atoms with van der Waals surface area (Å²) in [6.45, 7) is 5.18. The van der Waals surface area contributed by atoms with E-state index in [1.807, 2.05) is 41.4 Å². The number of nitrogens with zero attached hydrogens (tertiary/aromatic N) is 4. The van der Waals surface area contributed by atoms with Crippen LogP contribution in [0, 0.1) is 0 Å². The SMILES string of the molecule is CN1CCN(c2ccc([C@H]3CCCN3C(=O)OCc3ccccc3)cn2)CC1. The van der Waals surface area contributed by atoms with Gasteiger partial charge in [-0.05, 0) is 37.1 Å². The number of aromatic nitrogens is 1. The topological polar surface area (TPSA) is 48.9 Å². The fourth-order valence-corrected chi connectivity index (χ4v) is 3.95. The second-order valence-electron chi connectivity index (χ2n) is 7.63. The maximum absolute atomic E-state index is 12.6. The maximum Gasteiger partial charge on any atom is 0.410 e. The summed E-state index contributed by atoms with van der Waals surface area (Å²) in [5, 5.41) is 0. The number of carbonyl (C=O) groups is 1. The van der Waals surface area contributed by atoms with Crippen LogP contribution in [0.1, 0.15) is 30.0 Å². The number of hydrogen-bond donors (Lipinski definition) is 0. The zero-order valence-corrected chi connectivity index (χ0v) is 16.5. The smallest absolute Gasteiger partial charge is 0.410 e. The Labute approximate surface area is 166 Å². The van der Waals surface area contributed by atoms with E-state index in [1.165, 1.54) is 0 Å². The van der Waals surface area contributed by atoms with Gasteiger partial charge in [-0.1, -0.05) is 36.4 Å². The Kier molecular flexibility index (Phi) is 5.76. The summed E-state index contributed by atoms with van der Waals surface area (Å²) in [6.07, 6.45) is 3.64. The predicted octanol–water partition coefficient (Wildman–Crippen LogP) is 3.31. The van der Waals surface area contributed by atoms with Gasteiger partial charge in [0.2, 0.25) is 0 Å². The number of carbonyl (C=O) groups excluding carboxylic acids is 1. The molecule has 4 rings (SSSR count). The highest BCUT2D eigenvalue weighted by molar-refractivity contribution is 5.68. The van der Waals surface area contributed by atoms with Crippen LogP contribution in [0.2, 0.25) is 0 Å². The zero-order chi connectivity index (χ0) is 19.3. The molecule has 3 heterocycles. The number of likely N-dealkylation sites (N-methyl/N-ethyl adjacent to an activating group) is 1. The van der Waals surface area contributed by atoms with Gasteiger partial charge in [0.25, 0.3) is 0 Å². The van der Waals surface area contributed by atoms with Crippen LogP contribution in [0.4, 0.5) is 10.6 Å². The van der Waals surface area contributed by atoms with E-state index in [4.69, 9.17) is 4.74 Å². The van der Waals surface area contributed by atoms with Crippen molar-refractivity contribution >= 4 is 11.9 Å². The van der Waals surface area contributed by atoms with Crippen molar-refractivity contribution in [2.75, 3.05) is 44.7 Å². The van der Waals surface area contributed by atoms with Crippen molar-refractivity contribution in [3.8, 4) is 0 Å². The van der Waals surface area contributed by atoms with Crippen molar-refractivity contribution < 1.29 is 9.53 Å². The number of piperazine rings is 1. The molecule has 0 bridgehead atoms. The Bertz CT molecular complexity index is 773. The molecule has 0 unspecified atom stereocenters. The van der Waals surface area contributed by atoms with Gasteiger partial charge in [-0.25, -0.2) is 9.78 Å². The third-order valence-corrected chi connectivity index (χ3v) is 5.68. The molecule has 2 saturated heterocycles. The summed E-state index contributed by atoms with van der Waals surface area (Å²) < 4.78 is 5.55. The monoisotopic (exact) mass is 380 g/mol. The minimum Gasteiger partial charge on any atom is -0.445 e. The van der Waals surface area contributed by atoms with Crippen LogP contribution in [0.5, 0.6) is 0 Å². The summed E-state index contributed by atoms with van der Waals surface area (Å²) in [5.41, 5.74) is 2.09. The summed E-state index contributed by atoms with van der Waals surface area (Å²) in [4.78, 5) is 23.8. The van der Waals surface area contributed by atoms with Gasteiger partial charge in [-0.3, -0.25) is 0 Å². The minimum atomic E-state index is -0.241. The van der Waals surface area contributed by atoms with Gasteiger partial charge in [0, 0.05) is 38.9 Å². The first-order valence-electron chi connectivity index (χ1n) is 10.1. The van der Waals surface area contributed by atoms with E-state index in [2.05, 4.69) is 34.0 Å². The molecule has 28 heavy (non-hydrogen) atoms. The number of likely N-dealkylation sites (tertiary alicyclic amines) is 1. The number of rotatable bonds is 4. The van der Waals surface area contributed by atoms with Gasteiger partial charge < -0.3 is 19.4 Å². The summed E-state index contributed by atoms with van der Waals surface area (Å²) in [7, 11) is 2.15. The predicted molar refractivity (Wildman–Crippen MR) is 109 cm³/mol. The van der Waals surface area contributed by atoms with Crippen LogP contribution in [-0.2, 0) is 11.3 Å². The van der Waals surface area contributed by atoms with Gasteiger partial charge in [-0.2, -0.15) is 0 Å². The van der Waals surface area contributed by atoms with Crippen molar-refractivity contribution in [3.05, 3.63) is 59.8 Å². The lowest BCUT2D eigenvalue weighted by molar-refractivity contribution is 0.0920. The quantitative estimate of drug-likeness (QED) is 0.815. The van der Waals surface area contributed by atoms with E-state index >= 15 is 0 Å². The fraction of sp³-hybridized carbons (Fsp3) is 0.455. The molecule has 148 valence electrons. The Hall–Kier alpha value is -2.60. The molecule has 2 fully saturated rings. The van der Waals surface area contributed by atoms with Gasteiger partial charge in [0.05, 0.1) is 6.04 Å². The van der Waals surface area contributed by atoms with Gasteiger partial charge in [0.1, 0.15) is 12.4 Å². The largest absolute Gasteiger partial charge is 0.445 e. The third-order valence-electron chi connectivity index (χ3n) is 5.68. The van der Waals surface area contributed by atoms with Crippen molar-refractivity contribution in [2.24, 2.45) is 0 Å². The first-order valence-corrected chi connectivity index (χ1v) is 10.1. The average molecular weight is 380 g/mol. The van der Waals surface area contributed by atoms with E-state index in [0.717, 1.165) is 62.5 Å². The second kappa shape index (κ2) is 8.61. The molecule has 0 radical (unpaired) electrons. The van der Waals surface area contributed by atoms with Crippen LogP contribution in [0.15, 0.2) is 48.7 Å². The molecule has 0 N–H and O–H groups in total. The van der Waals surface area contributed by atoms with E-state index < -0.39 is 0 Å². The molecule has 0 spiro atoms. The number of anilines is 1. The summed E-state index contributed by atoms with van der Waals surface area (Å²) in [5.74, 6) is 1.02. The van der Waals surface area contributed by atoms with Gasteiger partial charge >= 0.3 is 6.09 Å². The highest BCUT2D eigenvalue weighted by atomic mass is 16.6. The standard InChI is InChI=1S/C22H28N4O2/c1-24-12-14-25(15-13-24)21-10-9-19(16-23-21)20-8-5-11-26(20)22(27)28-17-18-6-3-2-4-7-18/h2-4,6-7,9-10,16,20H,5,8,11-15,17H2,1H3/t20-/m1/s1. The molecule has 1 amide bonds. The van der Waals surface area contributed by atoms with E-state index in [-0.39, 0.29) is 12.1 Å². The highest BCUT2D eigenvalue weighted by Crippen LogP contribution is 2.32. The van der Waals surface area contributed by atoms with E-state index in [1.54, 1.807) is 0 Å². The molecule has 1 aromatic heterocycles. The zero-order valence-electron chi connectivity index (χ0n) is 16.5. The molecule has 0 aliphatic carbocycles. The molecule has 0 saturated carbocycles. The molecule has 1 aromatic carbocycles. The number of benzene rings is 1. The van der Waals surface area contributed by atoms with Crippen LogP contribution in [0.25, 0.3) is 0 Å².